The summed E-state index contributed by atoms with van der Waals surface area (Å²) >= 11 is 0. The predicted molar refractivity (Wildman–Crippen MR) is 114 cm³/mol. The largest absolute Gasteiger partial charge is 0.423 e. The van der Waals surface area contributed by atoms with E-state index >= 15 is 0 Å². The van der Waals surface area contributed by atoms with Crippen LogP contribution in [0.2, 0.25) is 0 Å². The maximum atomic E-state index is 12.4. The van der Waals surface area contributed by atoms with Gasteiger partial charge in [0.25, 0.3) is 0 Å². The second kappa shape index (κ2) is 10.8. The first-order valence-corrected chi connectivity index (χ1v) is 9.71. The van der Waals surface area contributed by atoms with Crippen LogP contribution >= 0.6 is 0 Å². The lowest BCUT2D eigenvalue weighted by atomic mass is 10.1. The van der Waals surface area contributed by atoms with Gasteiger partial charge in [-0.2, -0.15) is 0 Å². The Morgan fingerprint density at radius 3 is 2.21 bits per heavy atom. The quantitative estimate of drug-likeness (QED) is 0.293. The van der Waals surface area contributed by atoms with Gasteiger partial charge in [0.05, 0.1) is 17.7 Å². The van der Waals surface area contributed by atoms with E-state index in [1.807, 2.05) is 11.8 Å². The number of rotatable bonds is 9. The van der Waals surface area contributed by atoms with E-state index in [0.29, 0.717) is 30.0 Å². The number of benzene rings is 2. The van der Waals surface area contributed by atoms with Crippen molar-refractivity contribution in [3.05, 3.63) is 59.7 Å². The number of likely N-dealkylation sites (N-methyl/N-ethyl adjacent to an activating group) is 1. The second-order valence-electron chi connectivity index (χ2n) is 6.62. The number of hydrogen-bond acceptors (Lipinski definition) is 4. The van der Waals surface area contributed by atoms with E-state index in [9.17, 15) is 9.59 Å². The maximum absolute atomic E-state index is 12.4. The number of carbonyl (C=O) groups excluding carboxylic acids is 2. The van der Waals surface area contributed by atoms with E-state index in [4.69, 9.17) is 16.2 Å². The Labute approximate surface area is 171 Å². The molecule has 0 spiro atoms. The zero-order valence-corrected chi connectivity index (χ0v) is 16.9. The first-order valence-electron chi connectivity index (χ1n) is 9.71. The molecule has 0 saturated heterocycles. The smallest absolute Gasteiger partial charge is 0.343 e. The van der Waals surface area contributed by atoms with E-state index in [-0.39, 0.29) is 11.9 Å². The van der Waals surface area contributed by atoms with Gasteiger partial charge >= 0.3 is 5.97 Å². The number of hydrogen-bond donors (Lipinski definition) is 2. The number of nitrogens with two attached hydrogens (primary N) is 2. The highest BCUT2D eigenvalue weighted by molar-refractivity contribution is 5.91. The Kier molecular flexibility index (Phi) is 8.21. The maximum Gasteiger partial charge on any atom is 0.343 e. The van der Waals surface area contributed by atoms with Crippen LogP contribution in [0.25, 0.3) is 0 Å². The lowest BCUT2D eigenvalue weighted by Gasteiger charge is -2.20. The van der Waals surface area contributed by atoms with Crippen LogP contribution in [0.4, 0.5) is 5.69 Å². The summed E-state index contributed by atoms with van der Waals surface area (Å²) in [5.41, 5.74) is 12.5. The van der Waals surface area contributed by atoms with Crippen LogP contribution in [-0.2, 0) is 11.2 Å². The SMILES string of the molecule is CCCCN(CC)C(=O)Cc1ccc(OC(=O)c2ccc(N=C(N)N)cc2)cc1. The fourth-order valence-electron chi connectivity index (χ4n) is 2.76. The zero-order valence-electron chi connectivity index (χ0n) is 16.9. The summed E-state index contributed by atoms with van der Waals surface area (Å²) in [6, 6.07) is 13.4. The summed E-state index contributed by atoms with van der Waals surface area (Å²) < 4.78 is 5.38. The van der Waals surface area contributed by atoms with Crippen LogP contribution in [0.15, 0.2) is 53.5 Å². The number of esters is 1. The summed E-state index contributed by atoms with van der Waals surface area (Å²) in [5.74, 6) is -0.0162. The molecule has 0 heterocycles. The molecule has 0 aromatic heterocycles. The third-order valence-electron chi connectivity index (χ3n) is 4.37. The highest BCUT2D eigenvalue weighted by Gasteiger charge is 2.13. The van der Waals surface area contributed by atoms with Crippen molar-refractivity contribution >= 4 is 23.5 Å². The average Bonchev–Trinajstić information content (AvgIpc) is 2.70. The van der Waals surface area contributed by atoms with Gasteiger partial charge in [-0.25, -0.2) is 9.79 Å². The van der Waals surface area contributed by atoms with Gasteiger partial charge in [-0.05, 0) is 55.3 Å². The highest BCUT2D eigenvalue weighted by Crippen LogP contribution is 2.17. The van der Waals surface area contributed by atoms with Crippen molar-refractivity contribution in [2.45, 2.75) is 33.1 Å². The second-order valence-corrected chi connectivity index (χ2v) is 6.62. The lowest BCUT2D eigenvalue weighted by Crippen LogP contribution is -2.32. The molecular weight excluding hydrogens is 368 g/mol. The van der Waals surface area contributed by atoms with Crippen LogP contribution < -0.4 is 16.2 Å². The molecule has 0 atom stereocenters. The zero-order chi connectivity index (χ0) is 21.2. The first-order chi connectivity index (χ1) is 13.9. The molecule has 29 heavy (non-hydrogen) atoms. The lowest BCUT2D eigenvalue weighted by molar-refractivity contribution is -0.130. The molecule has 0 radical (unpaired) electrons. The molecule has 0 fully saturated rings. The van der Waals surface area contributed by atoms with Crippen LogP contribution in [-0.4, -0.2) is 35.8 Å². The Bertz CT molecular complexity index is 841. The molecule has 0 aliphatic carbocycles. The van der Waals surface area contributed by atoms with Crippen LogP contribution in [0, 0.1) is 0 Å². The monoisotopic (exact) mass is 396 g/mol. The van der Waals surface area contributed by atoms with Crippen molar-refractivity contribution < 1.29 is 14.3 Å². The van der Waals surface area contributed by atoms with E-state index in [1.165, 1.54) is 0 Å². The number of unbranched alkanes of at least 4 members (excludes halogenated alkanes) is 1. The third kappa shape index (κ3) is 6.95. The Morgan fingerprint density at radius 1 is 1.00 bits per heavy atom. The van der Waals surface area contributed by atoms with Crippen molar-refractivity contribution in [3.8, 4) is 5.75 Å². The Morgan fingerprint density at radius 2 is 1.66 bits per heavy atom. The highest BCUT2D eigenvalue weighted by atomic mass is 16.5. The van der Waals surface area contributed by atoms with Gasteiger partial charge in [-0.1, -0.05) is 25.5 Å². The third-order valence-corrected chi connectivity index (χ3v) is 4.37. The normalized spacial score (nSPS) is 10.3. The van der Waals surface area contributed by atoms with Gasteiger partial charge < -0.3 is 21.1 Å². The summed E-state index contributed by atoms with van der Waals surface area (Å²) in [6.45, 7) is 5.58. The van der Waals surface area contributed by atoms with E-state index < -0.39 is 5.97 Å². The first kappa shape index (κ1) is 21.9. The van der Waals surface area contributed by atoms with Crippen molar-refractivity contribution in [1.82, 2.24) is 4.90 Å². The molecule has 2 rings (SSSR count). The molecule has 4 N–H and O–H groups in total. The molecule has 0 unspecified atom stereocenters. The molecule has 7 nitrogen and oxygen atoms in total. The number of nitrogens with zero attached hydrogens (tertiary/aromatic N) is 2. The minimum Gasteiger partial charge on any atom is -0.423 e. The number of guanidine groups is 1. The molecule has 0 bridgehead atoms. The van der Waals surface area contributed by atoms with E-state index in [2.05, 4.69) is 11.9 Å². The van der Waals surface area contributed by atoms with Gasteiger partial charge in [0.2, 0.25) is 5.91 Å². The number of amides is 1. The van der Waals surface area contributed by atoms with Crippen molar-refractivity contribution in [3.63, 3.8) is 0 Å². The summed E-state index contributed by atoms with van der Waals surface area (Å²) in [7, 11) is 0. The standard InChI is InChI=1S/C22H28N4O3/c1-3-5-14-26(4-2)20(27)15-16-6-12-19(13-7-16)29-21(28)17-8-10-18(11-9-17)25-22(23)24/h6-13H,3-5,14-15H2,1-2H3,(H4,23,24,25). The van der Waals surface area contributed by atoms with Gasteiger partial charge in [0.15, 0.2) is 5.96 Å². The molecule has 0 aliphatic rings. The number of ether oxygens (including phenoxy) is 1. The number of carbonyl (C=O) groups is 2. The van der Waals surface area contributed by atoms with Crippen LogP contribution in [0.5, 0.6) is 5.75 Å². The van der Waals surface area contributed by atoms with Crippen molar-refractivity contribution in [1.29, 1.82) is 0 Å². The molecule has 2 aromatic rings. The molecule has 0 aliphatic heterocycles. The number of aliphatic imine (C=N–C) groups is 1. The molecule has 2 aromatic carbocycles. The van der Waals surface area contributed by atoms with Gasteiger partial charge in [-0.3, -0.25) is 4.79 Å². The predicted octanol–water partition coefficient (Wildman–Crippen LogP) is 3.00. The molecule has 1 amide bonds. The van der Waals surface area contributed by atoms with Crippen LogP contribution in [0.3, 0.4) is 0 Å². The average molecular weight is 396 g/mol. The van der Waals surface area contributed by atoms with Crippen molar-refractivity contribution in [2.24, 2.45) is 16.5 Å². The van der Waals surface area contributed by atoms with Crippen molar-refractivity contribution in [2.75, 3.05) is 13.1 Å². The van der Waals surface area contributed by atoms with E-state index in [0.717, 1.165) is 24.9 Å². The minimum absolute atomic E-state index is 0.0497. The van der Waals surface area contributed by atoms with E-state index in [1.54, 1.807) is 48.5 Å². The Hall–Kier alpha value is -3.35. The molecular formula is C22H28N4O3. The summed E-state index contributed by atoms with van der Waals surface area (Å²) in [6.07, 6.45) is 2.39. The Balaban J connectivity index is 1.95. The summed E-state index contributed by atoms with van der Waals surface area (Å²) in [4.78, 5) is 30.4. The molecule has 154 valence electrons. The van der Waals surface area contributed by atoms with Gasteiger partial charge in [-0.15, -0.1) is 0 Å². The van der Waals surface area contributed by atoms with Crippen LogP contribution in [0.1, 0.15) is 42.6 Å². The fraction of sp³-hybridized carbons (Fsp3) is 0.318. The minimum atomic E-state index is -0.484. The summed E-state index contributed by atoms with van der Waals surface area (Å²) in [5, 5.41) is 0. The molecule has 7 heteroatoms. The fourth-order valence-corrected chi connectivity index (χ4v) is 2.76. The molecule has 0 saturated carbocycles. The van der Waals surface area contributed by atoms with Gasteiger partial charge in [0, 0.05) is 13.1 Å². The topological polar surface area (TPSA) is 111 Å². The van der Waals surface area contributed by atoms with Gasteiger partial charge in [0.1, 0.15) is 5.75 Å².